The molecule has 0 radical (unpaired) electrons. The maximum absolute atomic E-state index is 11.0. The Kier molecular flexibility index (Phi) is 12.1. The van der Waals surface area contributed by atoms with Gasteiger partial charge in [0.1, 0.15) is 6.21 Å². The van der Waals surface area contributed by atoms with Crippen LogP contribution in [0.3, 0.4) is 0 Å². The number of oxime groups is 1. The first-order valence-corrected chi connectivity index (χ1v) is 11.7. The fourth-order valence-electron chi connectivity index (χ4n) is 1.74. The van der Waals surface area contributed by atoms with Crippen LogP contribution in [-0.4, -0.2) is 55.8 Å². The maximum atomic E-state index is 11.0. The molecule has 0 unspecified atom stereocenters. The van der Waals surface area contributed by atoms with E-state index in [0.29, 0.717) is 37.2 Å². The maximum Gasteiger partial charge on any atom is 0.258 e. The highest BCUT2D eigenvalue weighted by atomic mass is 32.2. The van der Waals surface area contributed by atoms with Crippen LogP contribution in [0.25, 0.3) is 0 Å². The number of primary amides is 1. The Morgan fingerprint density at radius 2 is 1.58 bits per heavy atom. The lowest BCUT2D eigenvalue weighted by Crippen LogP contribution is -2.42. The summed E-state index contributed by atoms with van der Waals surface area (Å²) in [6, 6.07) is 8.76. The van der Waals surface area contributed by atoms with E-state index in [1.807, 2.05) is 18.3 Å². The molecular formula is C16H22N4O9S2. The van der Waals surface area contributed by atoms with Crippen LogP contribution in [0, 0.1) is 0 Å². The van der Waals surface area contributed by atoms with Gasteiger partial charge in [-0.15, -0.1) is 0 Å². The number of ether oxygens (including phenoxy) is 1. The highest BCUT2D eigenvalue weighted by Gasteiger charge is 2.09. The van der Waals surface area contributed by atoms with Gasteiger partial charge in [-0.25, -0.2) is 16.8 Å². The number of nitrogens with zero attached hydrogens (tertiary/aromatic N) is 3. The molecule has 31 heavy (non-hydrogen) atoms. The van der Waals surface area contributed by atoms with Gasteiger partial charge in [0.15, 0.2) is 18.6 Å². The summed E-state index contributed by atoms with van der Waals surface area (Å²) in [5.41, 5.74) is 6.34. The van der Waals surface area contributed by atoms with Gasteiger partial charge in [0.2, 0.25) is 11.6 Å². The van der Waals surface area contributed by atoms with Gasteiger partial charge in [-0.2, -0.15) is 9.13 Å². The van der Waals surface area contributed by atoms with Crippen molar-refractivity contribution in [2.45, 2.75) is 13.5 Å². The number of rotatable bonds is 6. The number of hydrogen-bond donors (Lipinski definition) is 2. The molecule has 172 valence electrons. The van der Waals surface area contributed by atoms with Crippen molar-refractivity contribution in [2.75, 3.05) is 12.5 Å². The van der Waals surface area contributed by atoms with Crippen LogP contribution in [0.15, 0.2) is 54.1 Å². The van der Waals surface area contributed by atoms with Crippen molar-refractivity contribution in [2.24, 2.45) is 10.9 Å². The highest BCUT2D eigenvalue weighted by Crippen LogP contribution is 1.93. The van der Waals surface area contributed by atoms with Crippen molar-refractivity contribution >= 4 is 32.4 Å². The molecule has 0 aliphatic rings. The fourth-order valence-corrected chi connectivity index (χ4v) is 1.74. The average Bonchev–Trinajstić information content (AvgIpc) is 2.61. The molecule has 0 aliphatic heterocycles. The molecule has 0 aliphatic carbocycles. The molecule has 13 nitrogen and oxygen atoms in total. The van der Waals surface area contributed by atoms with Gasteiger partial charge in [0, 0.05) is 36.8 Å². The van der Waals surface area contributed by atoms with E-state index in [2.05, 4.69) is 5.16 Å². The number of hydrogen-bond acceptors (Lipinski definition) is 10. The zero-order chi connectivity index (χ0) is 24.1. The van der Waals surface area contributed by atoms with E-state index in [0.717, 1.165) is 0 Å². The van der Waals surface area contributed by atoms with Crippen LogP contribution in [0.5, 0.6) is 0 Å². The molecule has 0 aromatic carbocycles. The monoisotopic (exact) mass is 480 g/mol. The summed E-state index contributed by atoms with van der Waals surface area (Å²) in [4.78, 5) is 11.0. The smallest absolute Gasteiger partial charge is 0.258 e. The lowest BCUT2D eigenvalue weighted by atomic mass is 10.2. The Morgan fingerprint density at radius 3 is 2.03 bits per heavy atom. The van der Waals surface area contributed by atoms with Crippen LogP contribution in [0.1, 0.15) is 16.1 Å². The molecule has 0 atom stereocenters. The van der Waals surface area contributed by atoms with E-state index >= 15 is 0 Å². The van der Waals surface area contributed by atoms with Gasteiger partial charge in [-0.1, -0.05) is 5.16 Å². The largest absolute Gasteiger partial charge is 0.748 e. The zero-order valence-corrected chi connectivity index (χ0v) is 18.2. The van der Waals surface area contributed by atoms with E-state index in [4.69, 9.17) is 41.6 Å². The number of nitrogens with two attached hydrogens (primary N) is 1. The van der Waals surface area contributed by atoms with Crippen molar-refractivity contribution in [3.63, 3.8) is 0 Å². The van der Waals surface area contributed by atoms with Crippen LogP contribution >= 0.6 is 0 Å². The molecule has 0 fully saturated rings. The first-order valence-electron chi connectivity index (χ1n) is 8.05. The van der Waals surface area contributed by atoms with Crippen molar-refractivity contribution in [1.82, 2.24) is 0 Å². The molecular weight excluding hydrogens is 458 g/mol. The third kappa shape index (κ3) is 17.6. The highest BCUT2D eigenvalue weighted by molar-refractivity contribution is 7.85. The summed E-state index contributed by atoms with van der Waals surface area (Å²) in [6.07, 6.45) is 7.79. The minimum atomic E-state index is -3.92. The predicted octanol–water partition coefficient (Wildman–Crippen LogP) is -1.88. The summed E-state index contributed by atoms with van der Waals surface area (Å²) < 4.78 is 63.6. The topological polar surface area (TPSA) is 207 Å². The molecule has 0 bridgehead atoms. The molecule has 1 amide bonds. The van der Waals surface area contributed by atoms with Crippen molar-refractivity contribution < 1.29 is 49.8 Å². The Bertz CT molecular complexity index is 1020. The Balaban J connectivity index is 0.000000752. The van der Waals surface area contributed by atoms with E-state index in [9.17, 15) is 4.79 Å². The summed E-state index contributed by atoms with van der Waals surface area (Å²) in [5, 5.41) is 11.6. The average molecular weight is 480 g/mol. The van der Waals surface area contributed by atoms with Crippen LogP contribution < -0.4 is 14.9 Å². The van der Waals surface area contributed by atoms with Crippen molar-refractivity contribution in [3.8, 4) is 0 Å². The lowest BCUT2D eigenvalue weighted by molar-refractivity contribution is -0.788. The van der Waals surface area contributed by atoms with Crippen LogP contribution in [0.4, 0.5) is 0 Å². The van der Waals surface area contributed by atoms with E-state index in [1.165, 1.54) is 6.21 Å². The molecule has 15 heteroatoms. The number of carbonyl (C=O) groups excluding carboxylic acids is 1. The van der Waals surface area contributed by atoms with E-state index < -0.39 is 26.1 Å². The van der Waals surface area contributed by atoms with Gasteiger partial charge >= 0.3 is 0 Å². The molecule has 2 heterocycles. The molecule has 0 saturated heterocycles. The molecule has 0 saturated carbocycles. The van der Waals surface area contributed by atoms with E-state index in [-0.39, 0.29) is 0 Å². The van der Waals surface area contributed by atoms with Gasteiger partial charge in [-0.05, 0) is 6.07 Å². The quantitative estimate of drug-likeness (QED) is 0.156. The van der Waals surface area contributed by atoms with Crippen LogP contribution in [-0.2, 0) is 38.4 Å². The summed E-state index contributed by atoms with van der Waals surface area (Å²) in [7, 11) is -7.83. The first-order chi connectivity index (χ1) is 14.2. The van der Waals surface area contributed by atoms with Crippen LogP contribution in [0.2, 0.25) is 0 Å². The Labute approximate surface area is 179 Å². The second-order valence-corrected chi connectivity index (χ2v) is 8.49. The molecule has 2 rings (SSSR count). The Hall–Kier alpha value is -2.98. The number of aromatic nitrogens is 2. The fraction of sp³-hybridized carbons (Fsp3) is 0.250. The van der Waals surface area contributed by atoms with Gasteiger partial charge in [0.05, 0.1) is 25.8 Å². The molecule has 2 aromatic heterocycles. The third-order valence-electron chi connectivity index (χ3n) is 2.81. The number of carbonyl (C=O) groups is 1. The summed E-state index contributed by atoms with van der Waals surface area (Å²) >= 11 is 0. The summed E-state index contributed by atoms with van der Waals surface area (Å²) in [5.74, 6) is -0.462. The second kappa shape index (κ2) is 13.3. The third-order valence-corrected chi connectivity index (χ3v) is 2.81. The molecule has 3 N–H and O–H groups in total. The lowest BCUT2D eigenvalue weighted by Gasteiger charge is -2.00. The molecule has 0 spiro atoms. The second-order valence-electron chi connectivity index (χ2n) is 5.68. The number of amides is 1. The zero-order valence-electron chi connectivity index (χ0n) is 16.6. The summed E-state index contributed by atoms with van der Waals surface area (Å²) in [6.45, 7) is 0.614. The standard InChI is InChI=1S/C14H14N4O3.2CH4O3S/c15-14(19)12-4-7-17(8-5-12)10-21-11-18-6-2-1-3-13(18)9-16-20;2*1-5(2,3)4/h1-9H,10-11H2,(H-,15,19);2*1H3,(H,2,3,4)/i9+2;;. The van der Waals surface area contributed by atoms with E-state index in [1.54, 1.807) is 39.7 Å². The predicted molar refractivity (Wildman–Crippen MR) is 103 cm³/mol. The van der Waals surface area contributed by atoms with Crippen molar-refractivity contribution in [1.29, 1.82) is 0 Å². The van der Waals surface area contributed by atoms with Crippen molar-refractivity contribution in [3.05, 3.63) is 60.2 Å². The van der Waals surface area contributed by atoms with Gasteiger partial charge < -0.3 is 20.0 Å². The minimum Gasteiger partial charge on any atom is -0.748 e. The van der Waals surface area contributed by atoms with Gasteiger partial charge in [-0.3, -0.25) is 9.53 Å². The SMILES string of the molecule is CS(=O)(=O)[O-].CS(=O)(=O)[O-].NC(=O)c1cc[n+](COC[n+]2ccccc2/[14CH]=N\O)cc1. The Morgan fingerprint density at radius 1 is 1.06 bits per heavy atom. The number of pyridine rings is 2. The minimum absolute atomic E-state index is 0.298. The van der Waals surface area contributed by atoms with Gasteiger partial charge in [0.25, 0.3) is 13.5 Å². The normalized spacial score (nSPS) is 11.1. The molecule has 2 aromatic rings. The first kappa shape index (κ1) is 28.0.